The Bertz CT molecular complexity index is 162. The Morgan fingerprint density at radius 3 is 2.27 bits per heavy atom. The lowest BCUT2D eigenvalue weighted by molar-refractivity contribution is 0.189. The summed E-state index contributed by atoms with van der Waals surface area (Å²) in [5, 5.41) is 3.53. The lowest BCUT2D eigenvalue weighted by atomic mass is 9.73. The molecule has 0 aromatic carbocycles. The summed E-state index contributed by atoms with van der Waals surface area (Å²) >= 11 is 0. The van der Waals surface area contributed by atoms with E-state index in [-0.39, 0.29) is 0 Å². The smallest absolute Gasteiger partial charge is 0.00113 e. The molecule has 11 heavy (non-hydrogen) atoms. The molecule has 1 aliphatic heterocycles. The van der Waals surface area contributed by atoms with Crippen LogP contribution in [0.2, 0.25) is 0 Å². The van der Waals surface area contributed by atoms with E-state index in [0.717, 1.165) is 11.3 Å². The predicted molar refractivity (Wildman–Crippen MR) is 47.5 cm³/mol. The van der Waals surface area contributed by atoms with Crippen molar-refractivity contribution in [2.75, 3.05) is 13.1 Å². The third-order valence-electron chi connectivity index (χ3n) is 3.50. The van der Waals surface area contributed by atoms with Gasteiger partial charge in [0.15, 0.2) is 0 Å². The van der Waals surface area contributed by atoms with Gasteiger partial charge in [0.2, 0.25) is 0 Å². The zero-order chi connectivity index (χ0) is 8.11. The first-order valence-corrected chi connectivity index (χ1v) is 4.75. The summed E-state index contributed by atoms with van der Waals surface area (Å²) < 4.78 is 0. The molecule has 0 amide bonds. The molecular formula is C10H19N. The third kappa shape index (κ3) is 1.10. The second kappa shape index (κ2) is 2.01. The molecule has 0 aromatic heterocycles. The number of hydrogen-bond acceptors (Lipinski definition) is 1. The molecule has 0 aromatic rings. The van der Waals surface area contributed by atoms with E-state index in [1.54, 1.807) is 0 Å². The SMILES string of the molecule is CC(C)(C)[C@@H]1CNCC12CC2. The fraction of sp³-hybridized carbons (Fsp3) is 1.00. The maximum absolute atomic E-state index is 3.53. The van der Waals surface area contributed by atoms with Crippen LogP contribution in [0.5, 0.6) is 0 Å². The van der Waals surface area contributed by atoms with E-state index >= 15 is 0 Å². The minimum atomic E-state index is 0.514. The molecular weight excluding hydrogens is 134 g/mol. The minimum Gasteiger partial charge on any atom is -0.316 e. The summed E-state index contributed by atoms with van der Waals surface area (Å²) in [6.07, 6.45) is 2.95. The van der Waals surface area contributed by atoms with Gasteiger partial charge >= 0.3 is 0 Å². The Morgan fingerprint density at radius 2 is 1.91 bits per heavy atom. The minimum absolute atomic E-state index is 0.514. The molecule has 2 fully saturated rings. The van der Waals surface area contributed by atoms with Gasteiger partial charge in [-0.05, 0) is 36.1 Å². The molecule has 1 saturated carbocycles. The number of rotatable bonds is 0. The fourth-order valence-electron chi connectivity index (χ4n) is 2.72. The molecule has 0 bridgehead atoms. The molecule has 1 atom stereocenters. The van der Waals surface area contributed by atoms with E-state index in [4.69, 9.17) is 0 Å². The molecule has 2 rings (SSSR count). The predicted octanol–water partition coefficient (Wildman–Crippen LogP) is 2.03. The van der Waals surface area contributed by atoms with E-state index in [1.165, 1.54) is 25.9 Å². The van der Waals surface area contributed by atoms with Crippen LogP contribution < -0.4 is 5.32 Å². The van der Waals surface area contributed by atoms with Crippen molar-refractivity contribution in [3.8, 4) is 0 Å². The maximum Gasteiger partial charge on any atom is 0.00113 e. The second-order valence-electron chi connectivity index (χ2n) is 5.41. The molecule has 1 heteroatoms. The standard InChI is InChI=1S/C10H19N/c1-9(2,3)8-6-11-7-10(8)4-5-10/h8,11H,4-7H2,1-3H3/t8-/m0/s1. The Kier molecular flexibility index (Phi) is 1.39. The Balaban J connectivity index is 2.14. The first-order chi connectivity index (χ1) is 5.05. The summed E-state index contributed by atoms with van der Waals surface area (Å²) in [6.45, 7) is 9.68. The van der Waals surface area contributed by atoms with Crippen molar-refractivity contribution in [2.45, 2.75) is 33.6 Å². The van der Waals surface area contributed by atoms with Gasteiger partial charge in [-0.15, -0.1) is 0 Å². The van der Waals surface area contributed by atoms with Gasteiger partial charge in [0.05, 0.1) is 0 Å². The van der Waals surface area contributed by atoms with Gasteiger partial charge in [-0.2, -0.15) is 0 Å². The number of hydrogen-bond donors (Lipinski definition) is 1. The number of nitrogens with one attached hydrogen (secondary N) is 1. The van der Waals surface area contributed by atoms with Gasteiger partial charge in [0, 0.05) is 6.54 Å². The molecule has 0 unspecified atom stereocenters. The normalized spacial score (nSPS) is 34.6. The highest BCUT2D eigenvalue weighted by Gasteiger charge is 2.55. The maximum atomic E-state index is 3.53. The summed E-state index contributed by atoms with van der Waals surface area (Å²) in [7, 11) is 0. The van der Waals surface area contributed by atoms with Crippen molar-refractivity contribution < 1.29 is 0 Å². The molecule has 1 aliphatic carbocycles. The van der Waals surface area contributed by atoms with Crippen LogP contribution in [0.25, 0.3) is 0 Å². The van der Waals surface area contributed by atoms with Crippen LogP contribution in [-0.4, -0.2) is 13.1 Å². The van der Waals surface area contributed by atoms with Gasteiger partial charge < -0.3 is 5.32 Å². The molecule has 1 saturated heterocycles. The summed E-state index contributed by atoms with van der Waals surface area (Å²) in [5.74, 6) is 0.926. The molecule has 0 radical (unpaired) electrons. The van der Waals surface area contributed by atoms with Crippen LogP contribution in [0.15, 0.2) is 0 Å². The van der Waals surface area contributed by atoms with Crippen molar-refractivity contribution in [1.82, 2.24) is 5.32 Å². The summed E-state index contributed by atoms with van der Waals surface area (Å²) in [4.78, 5) is 0. The van der Waals surface area contributed by atoms with E-state index in [9.17, 15) is 0 Å². The summed E-state index contributed by atoms with van der Waals surface area (Å²) in [5.41, 5.74) is 1.25. The molecule has 2 aliphatic rings. The molecule has 1 spiro atoms. The first-order valence-electron chi connectivity index (χ1n) is 4.75. The highest BCUT2D eigenvalue weighted by atomic mass is 15.0. The molecule has 1 N–H and O–H groups in total. The lowest BCUT2D eigenvalue weighted by Gasteiger charge is -2.31. The van der Waals surface area contributed by atoms with E-state index < -0.39 is 0 Å². The lowest BCUT2D eigenvalue weighted by Crippen LogP contribution is -2.28. The van der Waals surface area contributed by atoms with Gasteiger partial charge in [0.1, 0.15) is 0 Å². The zero-order valence-corrected chi connectivity index (χ0v) is 7.91. The topological polar surface area (TPSA) is 12.0 Å². The highest BCUT2D eigenvalue weighted by Crippen LogP contribution is 2.58. The average Bonchev–Trinajstić information content (AvgIpc) is 2.38. The fourth-order valence-corrected chi connectivity index (χ4v) is 2.72. The van der Waals surface area contributed by atoms with Crippen LogP contribution in [0, 0.1) is 16.7 Å². The van der Waals surface area contributed by atoms with Crippen LogP contribution in [0.1, 0.15) is 33.6 Å². The van der Waals surface area contributed by atoms with Crippen molar-refractivity contribution in [3.63, 3.8) is 0 Å². The first kappa shape index (κ1) is 7.60. The van der Waals surface area contributed by atoms with Crippen molar-refractivity contribution in [3.05, 3.63) is 0 Å². The van der Waals surface area contributed by atoms with Gasteiger partial charge in [-0.3, -0.25) is 0 Å². The molecule has 1 nitrogen and oxygen atoms in total. The van der Waals surface area contributed by atoms with Crippen LogP contribution >= 0.6 is 0 Å². The Morgan fingerprint density at radius 1 is 1.27 bits per heavy atom. The van der Waals surface area contributed by atoms with Gasteiger partial charge in [-0.1, -0.05) is 20.8 Å². The average molecular weight is 153 g/mol. The zero-order valence-electron chi connectivity index (χ0n) is 7.91. The van der Waals surface area contributed by atoms with Crippen molar-refractivity contribution in [1.29, 1.82) is 0 Å². The monoisotopic (exact) mass is 153 g/mol. The Hall–Kier alpha value is -0.0400. The van der Waals surface area contributed by atoms with E-state index in [1.807, 2.05) is 0 Å². The molecule has 64 valence electrons. The largest absolute Gasteiger partial charge is 0.316 e. The molecule has 1 heterocycles. The highest BCUT2D eigenvalue weighted by molar-refractivity contribution is 5.07. The summed E-state index contributed by atoms with van der Waals surface area (Å²) in [6, 6.07) is 0. The third-order valence-corrected chi connectivity index (χ3v) is 3.50. The Labute approximate surface area is 69.6 Å². The van der Waals surface area contributed by atoms with Crippen LogP contribution in [0.4, 0.5) is 0 Å². The van der Waals surface area contributed by atoms with E-state index in [0.29, 0.717) is 5.41 Å². The van der Waals surface area contributed by atoms with Crippen LogP contribution in [-0.2, 0) is 0 Å². The van der Waals surface area contributed by atoms with Crippen LogP contribution in [0.3, 0.4) is 0 Å². The van der Waals surface area contributed by atoms with Gasteiger partial charge in [-0.25, -0.2) is 0 Å². The quantitative estimate of drug-likeness (QED) is 0.561. The van der Waals surface area contributed by atoms with Gasteiger partial charge in [0.25, 0.3) is 0 Å². The van der Waals surface area contributed by atoms with Crippen molar-refractivity contribution in [2.24, 2.45) is 16.7 Å². The van der Waals surface area contributed by atoms with E-state index in [2.05, 4.69) is 26.1 Å². The second-order valence-corrected chi connectivity index (χ2v) is 5.41. The van der Waals surface area contributed by atoms with Crippen molar-refractivity contribution >= 4 is 0 Å².